The fourth-order valence-corrected chi connectivity index (χ4v) is 1.80. The summed E-state index contributed by atoms with van der Waals surface area (Å²) in [5, 5.41) is 14.2. The minimum atomic E-state index is 0.262. The number of rotatable bonds is 4. The maximum Gasteiger partial charge on any atom is 0.182 e. The van der Waals surface area contributed by atoms with Gasteiger partial charge in [0.05, 0.1) is 6.10 Å². The first-order chi connectivity index (χ1) is 8.28. The molecule has 2 heterocycles. The van der Waals surface area contributed by atoms with Gasteiger partial charge >= 0.3 is 0 Å². The van der Waals surface area contributed by atoms with Gasteiger partial charge in [0.1, 0.15) is 17.5 Å². The summed E-state index contributed by atoms with van der Waals surface area (Å²) in [4.78, 5) is 8.34. The first-order valence-electron chi connectivity index (χ1n) is 5.64. The van der Waals surface area contributed by atoms with Crippen molar-refractivity contribution in [2.24, 2.45) is 0 Å². The van der Waals surface area contributed by atoms with E-state index in [0.717, 1.165) is 26.0 Å². The van der Waals surface area contributed by atoms with Gasteiger partial charge in [-0.1, -0.05) is 0 Å². The number of aromatic nitrogens is 2. The van der Waals surface area contributed by atoms with Gasteiger partial charge in [-0.05, 0) is 19.8 Å². The molecule has 0 bridgehead atoms. The SMILES string of the molecule is Cc1nc(NC#N)cc(NCC2CCCO2)n1. The molecule has 1 aromatic heterocycles. The van der Waals surface area contributed by atoms with Crippen LogP contribution in [0, 0.1) is 18.4 Å². The Morgan fingerprint density at radius 3 is 3.06 bits per heavy atom. The molecule has 1 aliphatic rings. The van der Waals surface area contributed by atoms with Crippen molar-refractivity contribution < 1.29 is 4.74 Å². The van der Waals surface area contributed by atoms with Crippen molar-refractivity contribution in [3.63, 3.8) is 0 Å². The molecule has 1 aromatic rings. The maximum absolute atomic E-state index is 8.54. The van der Waals surface area contributed by atoms with Crippen molar-refractivity contribution in [3.8, 4) is 6.19 Å². The van der Waals surface area contributed by atoms with Gasteiger partial charge in [0.2, 0.25) is 0 Å². The van der Waals surface area contributed by atoms with Crippen LogP contribution in [-0.4, -0.2) is 29.2 Å². The molecule has 0 aromatic carbocycles. The summed E-state index contributed by atoms with van der Waals surface area (Å²) in [5.74, 6) is 1.85. The normalized spacial score (nSPS) is 18.7. The summed E-state index contributed by atoms with van der Waals surface area (Å²) in [6, 6.07) is 1.71. The first-order valence-corrected chi connectivity index (χ1v) is 5.64. The van der Waals surface area contributed by atoms with Crippen molar-refractivity contribution in [2.45, 2.75) is 25.9 Å². The average molecular weight is 233 g/mol. The highest BCUT2D eigenvalue weighted by molar-refractivity contribution is 5.49. The highest BCUT2D eigenvalue weighted by Gasteiger charge is 2.15. The van der Waals surface area contributed by atoms with Crippen LogP contribution in [-0.2, 0) is 4.74 Å². The molecule has 1 unspecified atom stereocenters. The number of ether oxygens (including phenoxy) is 1. The predicted molar refractivity (Wildman–Crippen MR) is 63.5 cm³/mol. The number of hydrogen-bond acceptors (Lipinski definition) is 6. The Bertz CT molecular complexity index is 422. The Balaban J connectivity index is 1.97. The minimum Gasteiger partial charge on any atom is -0.376 e. The number of anilines is 2. The number of aryl methyl sites for hydroxylation is 1. The number of nitrogens with zero attached hydrogens (tertiary/aromatic N) is 3. The Hall–Kier alpha value is -1.87. The van der Waals surface area contributed by atoms with Gasteiger partial charge in [0.15, 0.2) is 6.19 Å². The molecule has 1 fully saturated rings. The number of hydrogen-bond donors (Lipinski definition) is 2. The molecule has 0 spiro atoms. The van der Waals surface area contributed by atoms with Crippen LogP contribution < -0.4 is 10.6 Å². The molecule has 2 rings (SSSR count). The molecule has 17 heavy (non-hydrogen) atoms. The quantitative estimate of drug-likeness (QED) is 0.602. The molecule has 90 valence electrons. The fourth-order valence-electron chi connectivity index (χ4n) is 1.80. The average Bonchev–Trinajstić information content (AvgIpc) is 2.79. The van der Waals surface area contributed by atoms with Crippen molar-refractivity contribution in [2.75, 3.05) is 23.8 Å². The lowest BCUT2D eigenvalue weighted by Gasteiger charge is -2.12. The second kappa shape index (κ2) is 5.46. The van der Waals surface area contributed by atoms with E-state index in [1.54, 1.807) is 13.0 Å². The Morgan fingerprint density at radius 2 is 2.35 bits per heavy atom. The molecule has 2 N–H and O–H groups in total. The van der Waals surface area contributed by atoms with Crippen molar-refractivity contribution in [1.82, 2.24) is 9.97 Å². The van der Waals surface area contributed by atoms with E-state index in [1.165, 1.54) is 0 Å². The van der Waals surface area contributed by atoms with E-state index < -0.39 is 0 Å². The highest BCUT2D eigenvalue weighted by atomic mass is 16.5. The number of nitrogens with one attached hydrogen (secondary N) is 2. The molecule has 6 heteroatoms. The standard InChI is InChI=1S/C11H15N5O/c1-8-15-10(5-11(16-8)14-7-12)13-6-9-3-2-4-17-9/h5,9H,2-4,6H2,1H3,(H2,13,14,15,16). The largest absolute Gasteiger partial charge is 0.376 e. The fraction of sp³-hybridized carbons (Fsp3) is 0.545. The molecule has 0 saturated carbocycles. The van der Waals surface area contributed by atoms with Crippen LogP contribution in [0.5, 0.6) is 0 Å². The van der Waals surface area contributed by atoms with E-state index in [-0.39, 0.29) is 6.10 Å². The summed E-state index contributed by atoms with van der Waals surface area (Å²) < 4.78 is 5.51. The molecule has 1 saturated heterocycles. The van der Waals surface area contributed by atoms with Crippen molar-refractivity contribution in [1.29, 1.82) is 5.26 Å². The van der Waals surface area contributed by atoms with Gasteiger partial charge in [-0.2, -0.15) is 5.26 Å². The first kappa shape index (κ1) is 11.6. The third kappa shape index (κ3) is 3.29. The second-order valence-electron chi connectivity index (χ2n) is 3.94. The van der Waals surface area contributed by atoms with Gasteiger partial charge in [0, 0.05) is 19.2 Å². The Labute approximate surface area is 100 Å². The lowest BCUT2D eigenvalue weighted by atomic mass is 10.2. The smallest absolute Gasteiger partial charge is 0.182 e. The number of nitriles is 1. The van der Waals surface area contributed by atoms with Crippen LogP contribution in [0.2, 0.25) is 0 Å². The molecule has 1 atom stereocenters. The summed E-state index contributed by atoms with van der Waals surface area (Å²) >= 11 is 0. The van der Waals surface area contributed by atoms with Crippen LogP contribution in [0.4, 0.5) is 11.6 Å². The van der Waals surface area contributed by atoms with Gasteiger partial charge in [-0.3, -0.25) is 5.32 Å². The van der Waals surface area contributed by atoms with E-state index in [9.17, 15) is 0 Å². The maximum atomic E-state index is 8.54. The minimum absolute atomic E-state index is 0.262. The molecule has 1 aliphatic heterocycles. The third-order valence-corrected chi connectivity index (χ3v) is 2.56. The zero-order valence-electron chi connectivity index (χ0n) is 9.73. The van der Waals surface area contributed by atoms with E-state index in [1.807, 2.05) is 6.19 Å². The van der Waals surface area contributed by atoms with Gasteiger partial charge < -0.3 is 10.1 Å². The molecular weight excluding hydrogens is 218 g/mol. The van der Waals surface area contributed by atoms with Gasteiger partial charge in [-0.25, -0.2) is 9.97 Å². The molecular formula is C11H15N5O. The van der Waals surface area contributed by atoms with Gasteiger partial charge in [0.25, 0.3) is 0 Å². The summed E-state index contributed by atoms with van der Waals surface area (Å²) in [5.41, 5.74) is 0. The lowest BCUT2D eigenvalue weighted by Crippen LogP contribution is -2.19. The summed E-state index contributed by atoms with van der Waals surface area (Å²) in [6.07, 6.45) is 4.31. The molecule has 0 radical (unpaired) electrons. The van der Waals surface area contributed by atoms with Crippen molar-refractivity contribution in [3.05, 3.63) is 11.9 Å². The monoisotopic (exact) mass is 233 g/mol. The van der Waals surface area contributed by atoms with Gasteiger partial charge in [-0.15, -0.1) is 0 Å². The summed E-state index contributed by atoms with van der Waals surface area (Å²) in [6.45, 7) is 3.37. The van der Waals surface area contributed by atoms with Crippen LogP contribution in [0.25, 0.3) is 0 Å². The van der Waals surface area contributed by atoms with Crippen LogP contribution in [0.15, 0.2) is 6.07 Å². The van der Waals surface area contributed by atoms with E-state index in [0.29, 0.717) is 17.5 Å². The highest BCUT2D eigenvalue weighted by Crippen LogP contribution is 2.14. The van der Waals surface area contributed by atoms with Crippen molar-refractivity contribution >= 4 is 11.6 Å². The zero-order valence-corrected chi connectivity index (χ0v) is 9.73. The topological polar surface area (TPSA) is 82.9 Å². The Morgan fingerprint density at radius 1 is 1.53 bits per heavy atom. The Kier molecular flexibility index (Phi) is 3.73. The lowest BCUT2D eigenvalue weighted by molar-refractivity contribution is 0.120. The molecule has 0 amide bonds. The molecule has 6 nitrogen and oxygen atoms in total. The van der Waals surface area contributed by atoms with Crippen LogP contribution in [0.3, 0.4) is 0 Å². The zero-order chi connectivity index (χ0) is 12.1. The third-order valence-electron chi connectivity index (χ3n) is 2.56. The van der Waals surface area contributed by atoms with Crippen LogP contribution >= 0.6 is 0 Å². The van der Waals surface area contributed by atoms with E-state index >= 15 is 0 Å². The van der Waals surface area contributed by atoms with E-state index in [4.69, 9.17) is 10.00 Å². The predicted octanol–water partition coefficient (Wildman–Crippen LogP) is 1.27. The van der Waals surface area contributed by atoms with E-state index in [2.05, 4.69) is 20.6 Å². The summed E-state index contributed by atoms with van der Waals surface area (Å²) in [7, 11) is 0. The second-order valence-corrected chi connectivity index (χ2v) is 3.94. The molecule has 0 aliphatic carbocycles. The van der Waals surface area contributed by atoms with Crippen LogP contribution in [0.1, 0.15) is 18.7 Å².